The number of anilines is 1. The van der Waals surface area contributed by atoms with Crippen molar-refractivity contribution in [3.05, 3.63) is 39.7 Å². The molecule has 7 heteroatoms. The molecular weight excluding hydrogens is 404 g/mol. The van der Waals surface area contributed by atoms with E-state index in [0.29, 0.717) is 23.2 Å². The van der Waals surface area contributed by atoms with Gasteiger partial charge >= 0.3 is 0 Å². The van der Waals surface area contributed by atoms with Crippen LogP contribution in [0.4, 0.5) is 5.69 Å². The molecule has 170 valence electrons. The summed E-state index contributed by atoms with van der Waals surface area (Å²) >= 11 is 0. The van der Waals surface area contributed by atoms with Crippen molar-refractivity contribution in [3.63, 3.8) is 0 Å². The van der Waals surface area contributed by atoms with Crippen LogP contribution in [0.1, 0.15) is 48.5 Å². The fourth-order valence-electron chi connectivity index (χ4n) is 4.72. The van der Waals surface area contributed by atoms with Gasteiger partial charge in [0.2, 0.25) is 0 Å². The summed E-state index contributed by atoms with van der Waals surface area (Å²) < 4.78 is 5.66. The summed E-state index contributed by atoms with van der Waals surface area (Å²) in [5.41, 5.74) is 1.83. The summed E-state index contributed by atoms with van der Waals surface area (Å²) in [7, 11) is 1.74. The molecule has 2 N–H and O–H groups in total. The number of H-pyrrole nitrogens is 1. The van der Waals surface area contributed by atoms with Crippen molar-refractivity contribution in [1.82, 2.24) is 15.2 Å². The first-order chi connectivity index (χ1) is 15.4. The molecule has 2 aliphatic heterocycles. The van der Waals surface area contributed by atoms with Gasteiger partial charge in [-0.15, -0.1) is 6.42 Å². The average Bonchev–Trinajstić information content (AvgIpc) is 3.32. The quantitative estimate of drug-likeness (QED) is 0.680. The van der Waals surface area contributed by atoms with E-state index < -0.39 is 0 Å². The number of nitrogens with one attached hydrogen (secondary N) is 2. The highest BCUT2D eigenvalue weighted by atomic mass is 16.5. The first-order valence-corrected chi connectivity index (χ1v) is 11.4. The lowest BCUT2D eigenvalue weighted by Gasteiger charge is -2.40. The predicted octanol–water partition coefficient (Wildman–Crippen LogP) is 2.34. The molecule has 2 saturated heterocycles. The molecule has 0 atom stereocenters. The minimum absolute atomic E-state index is 0.115. The number of fused-ring (bicyclic) bond motifs is 1. The van der Waals surface area contributed by atoms with E-state index in [0.717, 1.165) is 56.6 Å². The third-order valence-corrected chi connectivity index (χ3v) is 6.94. The zero-order chi connectivity index (χ0) is 22.7. The van der Waals surface area contributed by atoms with Crippen molar-refractivity contribution in [2.24, 2.45) is 0 Å². The Bertz CT molecular complexity index is 1090. The van der Waals surface area contributed by atoms with Gasteiger partial charge in [0.25, 0.3) is 11.5 Å². The van der Waals surface area contributed by atoms with Crippen LogP contribution in [0.25, 0.3) is 10.9 Å². The summed E-state index contributed by atoms with van der Waals surface area (Å²) in [6, 6.07) is 5.39. The molecule has 3 heterocycles. The number of likely N-dealkylation sites (tertiary alicyclic amines) is 1. The number of nitrogens with zero attached hydrogens (tertiary/aromatic N) is 2. The Morgan fingerprint density at radius 2 is 1.97 bits per heavy atom. The van der Waals surface area contributed by atoms with Crippen LogP contribution in [0.3, 0.4) is 0 Å². The Labute approximate surface area is 189 Å². The largest absolute Gasteiger partial charge is 0.378 e. The predicted molar refractivity (Wildman–Crippen MR) is 127 cm³/mol. The Hall–Kier alpha value is -2.82. The van der Waals surface area contributed by atoms with Crippen molar-refractivity contribution in [2.45, 2.75) is 38.2 Å². The van der Waals surface area contributed by atoms with Gasteiger partial charge < -0.3 is 24.8 Å². The Kier molecular flexibility index (Phi) is 6.54. The van der Waals surface area contributed by atoms with Crippen LogP contribution < -0.4 is 15.8 Å². The van der Waals surface area contributed by atoms with Gasteiger partial charge in [0.15, 0.2) is 0 Å². The highest BCUT2D eigenvalue weighted by molar-refractivity contribution is 6.02. The number of rotatable bonds is 6. The van der Waals surface area contributed by atoms with Crippen molar-refractivity contribution in [2.75, 3.05) is 51.3 Å². The molecule has 2 fully saturated rings. The summed E-state index contributed by atoms with van der Waals surface area (Å²) in [5, 5.41) is 3.82. The molecule has 0 saturated carbocycles. The second-order valence-electron chi connectivity index (χ2n) is 9.03. The molecule has 32 heavy (non-hydrogen) atoms. The fraction of sp³-hybridized carbons (Fsp3) is 0.520. The van der Waals surface area contributed by atoms with E-state index in [2.05, 4.69) is 32.9 Å². The number of carbonyl (C=O) groups is 1. The molecule has 0 aliphatic carbocycles. The Morgan fingerprint density at radius 1 is 1.25 bits per heavy atom. The van der Waals surface area contributed by atoms with Crippen LogP contribution in [0, 0.1) is 12.3 Å². The number of aromatic nitrogens is 1. The van der Waals surface area contributed by atoms with Crippen molar-refractivity contribution in [1.29, 1.82) is 0 Å². The molecule has 4 rings (SSSR count). The number of hydrogen-bond acceptors (Lipinski definition) is 5. The highest BCUT2D eigenvalue weighted by Crippen LogP contribution is 2.33. The summed E-state index contributed by atoms with van der Waals surface area (Å²) in [4.78, 5) is 32.9. The van der Waals surface area contributed by atoms with Gasteiger partial charge in [-0.25, -0.2) is 0 Å². The van der Waals surface area contributed by atoms with E-state index in [-0.39, 0.29) is 17.1 Å². The molecule has 2 aromatic rings. The second kappa shape index (κ2) is 9.35. The highest BCUT2D eigenvalue weighted by Gasteiger charge is 2.31. The molecule has 7 nitrogen and oxygen atoms in total. The molecule has 0 spiro atoms. The molecular formula is C25H32N4O3. The first kappa shape index (κ1) is 22.4. The zero-order valence-electron chi connectivity index (χ0n) is 19.0. The van der Waals surface area contributed by atoms with Gasteiger partial charge in [0, 0.05) is 44.2 Å². The lowest BCUT2D eigenvalue weighted by atomic mass is 9.92. The monoisotopic (exact) mass is 436 g/mol. The number of piperidine rings is 1. The summed E-state index contributed by atoms with van der Waals surface area (Å²) in [6.07, 6.45) is 9.88. The van der Waals surface area contributed by atoms with E-state index >= 15 is 0 Å². The van der Waals surface area contributed by atoms with Gasteiger partial charge in [-0.2, -0.15) is 0 Å². The van der Waals surface area contributed by atoms with Crippen LogP contribution >= 0.6 is 0 Å². The molecule has 0 bridgehead atoms. The fourth-order valence-corrected chi connectivity index (χ4v) is 4.72. The minimum Gasteiger partial charge on any atom is -0.378 e. The number of ether oxygens (including phenoxy) is 1. The van der Waals surface area contributed by atoms with E-state index in [4.69, 9.17) is 11.2 Å². The third-order valence-electron chi connectivity index (χ3n) is 6.94. The van der Waals surface area contributed by atoms with Crippen LogP contribution in [0.5, 0.6) is 0 Å². The maximum atomic E-state index is 12.8. The molecule has 1 aromatic carbocycles. The van der Waals surface area contributed by atoms with Crippen molar-refractivity contribution in [3.8, 4) is 12.3 Å². The maximum Gasteiger partial charge on any atom is 0.266 e. The smallest absolute Gasteiger partial charge is 0.266 e. The van der Waals surface area contributed by atoms with Gasteiger partial charge in [0.05, 0.1) is 16.8 Å². The van der Waals surface area contributed by atoms with Gasteiger partial charge in [-0.1, -0.05) is 5.92 Å². The second-order valence-corrected chi connectivity index (χ2v) is 9.03. The zero-order valence-corrected chi connectivity index (χ0v) is 19.0. The van der Waals surface area contributed by atoms with E-state index in [1.165, 1.54) is 12.8 Å². The molecule has 0 radical (unpaired) electrons. The number of amides is 1. The summed E-state index contributed by atoms with van der Waals surface area (Å²) in [6.45, 7) is 7.25. The number of terminal acetylenes is 1. The Morgan fingerprint density at radius 3 is 2.62 bits per heavy atom. The molecule has 1 amide bonds. The number of pyridine rings is 1. The topological polar surface area (TPSA) is 77.7 Å². The van der Waals surface area contributed by atoms with Crippen molar-refractivity contribution < 1.29 is 9.53 Å². The standard InChI is InChI=1S/C25H32N4O3/c1-4-19-22(29-14-9-25(2,32-3)10-15-29)20-17-18(7-8-21(20)27-24(19)31)23(30)26-11-16-28-12-5-6-13-28/h1,7-8,17H,5-6,9-16H2,2-3H3,(H,26,30)(H,27,31). The van der Waals surface area contributed by atoms with Crippen LogP contribution in [-0.2, 0) is 4.74 Å². The SMILES string of the molecule is C#Cc1c(N2CCC(C)(OC)CC2)c2cc(C(=O)NCCN3CCCC3)ccc2[nH]c1=O. The van der Waals surface area contributed by atoms with E-state index in [1.807, 2.05) is 6.07 Å². The van der Waals surface area contributed by atoms with Gasteiger partial charge in [0.1, 0.15) is 5.56 Å². The van der Waals surface area contributed by atoms with Gasteiger partial charge in [-0.05, 0) is 63.9 Å². The van der Waals surface area contributed by atoms with Crippen molar-refractivity contribution >= 4 is 22.5 Å². The van der Waals surface area contributed by atoms with Crippen LogP contribution in [0.2, 0.25) is 0 Å². The molecule has 0 unspecified atom stereocenters. The number of benzene rings is 1. The molecule has 2 aliphatic rings. The van der Waals surface area contributed by atoms with Gasteiger partial charge in [-0.3, -0.25) is 9.59 Å². The van der Waals surface area contributed by atoms with E-state index in [9.17, 15) is 9.59 Å². The molecule has 1 aromatic heterocycles. The van der Waals surface area contributed by atoms with Crippen LogP contribution in [-0.4, -0.2) is 67.8 Å². The Balaban J connectivity index is 1.62. The number of aromatic amines is 1. The lowest BCUT2D eigenvalue weighted by molar-refractivity contribution is -0.0132. The van der Waals surface area contributed by atoms with Crippen LogP contribution in [0.15, 0.2) is 23.0 Å². The first-order valence-electron chi connectivity index (χ1n) is 11.4. The number of methoxy groups -OCH3 is 1. The maximum absolute atomic E-state index is 12.8. The summed E-state index contributed by atoms with van der Waals surface area (Å²) in [5.74, 6) is 2.46. The lowest BCUT2D eigenvalue weighted by Crippen LogP contribution is -2.44. The normalized spacial score (nSPS) is 18.6. The number of hydrogen-bond donors (Lipinski definition) is 2. The number of carbonyl (C=O) groups excluding carboxylic acids is 1. The minimum atomic E-state index is -0.280. The third kappa shape index (κ3) is 4.52. The van der Waals surface area contributed by atoms with E-state index in [1.54, 1.807) is 19.2 Å². The average molecular weight is 437 g/mol.